The maximum Gasteiger partial charge on any atom is 0.256 e. The van der Waals surface area contributed by atoms with Gasteiger partial charge in [0.05, 0.1) is 5.56 Å². The van der Waals surface area contributed by atoms with Gasteiger partial charge in [-0.05, 0) is 30.7 Å². The van der Waals surface area contributed by atoms with Crippen molar-refractivity contribution >= 4 is 17.5 Å². The molecule has 5 nitrogen and oxygen atoms in total. The second kappa shape index (κ2) is 8.66. The Morgan fingerprint density at radius 2 is 1.59 bits per heavy atom. The first-order chi connectivity index (χ1) is 13.1. The fourth-order valence-electron chi connectivity index (χ4n) is 3.20. The van der Waals surface area contributed by atoms with Crippen molar-refractivity contribution in [2.24, 2.45) is 0 Å². The average Bonchev–Trinajstić information content (AvgIpc) is 2.69. The first-order valence-electron chi connectivity index (χ1n) is 9.17. The highest BCUT2D eigenvalue weighted by molar-refractivity contribution is 5.94. The van der Waals surface area contributed by atoms with Crippen LogP contribution in [0.4, 0.5) is 10.1 Å². The quantitative estimate of drug-likeness (QED) is 0.882. The SMILES string of the molecule is Cc1ccccc1NCCC(=O)N1CCN(C(=O)c2ccccc2F)CC1. The predicted molar refractivity (Wildman–Crippen MR) is 103 cm³/mol. The number of nitrogens with zero attached hydrogens (tertiary/aromatic N) is 2. The topological polar surface area (TPSA) is 52.7 Å². The molecule has 0 spiro atoms. The molecule has 1 saturated heterocycles. The zero-order chi connectivity index (χ0) is 19.2. The number of hydrogen-bond acceptors (Lipinski definition) is 3. The highest BCUT2D eigenvalue weighted by Crippen LogP contribution is 2.14. The van der Waals surface area contributed by atoms with Gasteiger partial charge in [0.1, 0.15) is 5.82 Å². The van der Waals surface area contributed by atoms with Gasteiger partial charge in [0.2, 0.25) is 5.91 Å². The zero-order valence-corrected chi connectivity index (χ0v) is 15.5. The summed E-state index contributed by atoms with van der Waals surface area (Å²) in [5, 5.41) is 3.28. The molecule has 3 rings (SSSR count). The second-order valence-corrected chi connectivity index (χ2v) is 6.64. The Hall–Kier alpha value is -2.89. The smallest absolute Gasteiger partial charge is 0.256 e. The molecule has 1 heterocycles. The van der Waals surface area contributed by atoms with Crippen LogP contribution in [-0.4, -0.2) is 54.3 Å². The van der Waals surface area contributed by atoms with E-state index in [1.54, 1.807) is 21.9 Å². The molecule has 0 unspecified atom stereocenters. The van der Waals surface area contributed by atoms with Gasteiger partial charge in [0, 0.05) is 44.8 Å². The number of halogens is 1. The molecule has 27 heavy (non-hydrogen) atoms. The van der Waals surface area contributed by atoms with E-state index in [9.17, 15) is 14.0 Å². The number of nitrogens with one attached hydrogen (secondary N) is 1. The summed E-state index contributed by atoms with van der Waals surface area (Å²) in [6.07, 6.45) is 0.398. The predicted octanol–water partition coefficient (Wildman–Crippen LogP) is 2.92. The summed E-state index contributed by atoms with van der Waals surface area (Å²) in [7, 11) is 0. The molecule has 0 aliphatic carbocycles. The molecule has 6 heteroatoms. The summed E-state index contributed by atoms with van der Waals surface area (Å²) in [6.45, 7) is 4.38. The summed E-state index contributed by atoms with van der Waals surface area (Å²) in [5.41, 5.74) is 2.26. The lowest BCUT2D eigenvalue weighted by Gasteiger charge is -2.35. The van der Waals surface area contributed by atoms with Crippen LogP contribution in [0.15, 0.2) is 48.5 Å². The monoisotopic (exact) mass is 369 g/mol. The third-order valence-electron chi connectivity index (χ3n) is 4.82. The lowest BCUT2D eigenvalue weighted by Crippen LogP contribution is -2.51. The van der Waals surface area contributed by atoms with Crippen molar-refractivity contribution in [1.82, 2.24) is 9.80 Å². The van der Waals surface area contributed by atoms with Gasteiger partial charge < -0.3 is 15.1 Å². The van der Waals surface area contributed by atoms with E-state index < -0.39 is 5.82 Å². The number of piperazine rings is 1. The van der Waals surface area contributed by atoms with Crippen molar-refractivity contribution in [2.75, 3.05) is 38.0 Å². The molecule has 0 saturated carbocycles. The molecular formula is C21H24FN3O2. The van der Waals surface area contributed by atoms with Crippen LogP contribution < -0.4 is 5.32 Å². The van der Waals surface area contributed by atoms with Gasteiger partial charge in [-0.25, -0.2) is 4.39 Å². The molecule has 2 aromatic carbocycles. The lowest BCUT2D eigenvalue weighted by molar-refractivity contribution is -0.132. The summed E-state index contributed by atoms with van der Waals surface area (Å²) in [4.78, 5) is 28.2. The molecule has 0 radical (unpaired) electrons. The van der Waals surface area contributed by atoms with Crippen LogP contribution >= 0.6 is 0 Å². The summed E-state index contributed by atoms with van der Waals surface area (Å²) < 4.78 is 13.8. The Morgan fingerprint density at radius 1 is 0.963 bits per heavy atom. The third-order valence-corrected chi connectivity index (χ3v) is 4.82. The van der Waals surface area contributed by atoms with E-state index in [0.29, 0.717) is 39.1 Å². The minimum absolute atomic E-state index is 0.0640. The van der Waals surface area contributed by atoms with Gasteiger partial charge in [0.15, 0.2) is 0 Å². The normalized spacial score (nSPS) is 14.1. The molecular weight excluding hydrogens is 345 g/mol. The van der Waals surface area contributed by atoms with Gasteiger partial charge in [0.25, 0.3) is 5.91 Å². The number of amides is 2. The number of hydrogen-bond donors (Lipinski definition) is 1. The Kier molecular flexibility index (Phi) is 6.06. The van der Waals surface area contributed by atoms with E-state index in [0.717, 1.165) is 11.3 Å². The molecule has 1 aliphatic heterocycles. The van der Waals surface area contributed by atoms with Crippen LogP contribution in [0.25, 0.3) is 0 Å². The van der Waals surface area contributed by atoms with Gasteiger partial charge in [-0.15, -0.1) is 0 Å². The van der Waals surface area contributed by atoms with Crippen LogP contribution in [0, 0.1) is 12.7 Å². The van der Waals surface area contributed by atoms with Crippen molar-refractivity contribution in [3.8, 4) is 0 Å². The first kappa shape index (κ1) is 18.9. The van der Waals surface area contributed by atoms with E-state index in [4.69, 9.17) is 0 Å². The molecule has 1 fully saturated rings. The molecule has 0 bridgehead atoms. The minimum Gasteiger partial charge on any atom is -0.384 e. The Labute approximate surface area is 158 Å². The molecule has 142 valence electrons. The number of anilines is 1. The summed E-state index contributed by atoms with van der Waals surface area (Å²) >= 11 is 0. The number of carbonyl (C=O) groups is 2. The van der Waals surface area contributed by atoms with Crippen molar-refractivity contribution in [3.63, 3.8) is 0 Å². The van der Waals surface area contributed by atoms with Crippen molar-refractivity contribution in [1.29, 1.82) is 0 Å². The molecule has 0 atom stereocenters. The Bertz CT molecular complexity index is 817. The largest absolute Gasteiger partial charge is 0.384 e. The van der Waals surface area contributed by atoms with Crippen molar-refractivity contribution < 1.29 is 14.0 Å². The highest BCUT2D eigenvalue weighted by Gasteiger charge is 2.25. The van der Waals surface area contributed by atoms with Gasteiger partial charge >= 0.3 is 0 Å². The molecule has 1 aliphatic rings. The first-order valence-corrected chi connectivity index (χ1v) is 9.17. The van der Waals surface area contributed by atoms with Gasteiger partial charge in [-0.1, -0.05) is 30.3 Å². The molecule has 2 aromatic rings. The third kappa shape index (κ3) is 4.64. The van der Waals surface area contributed by atoms with E-state index in [1.165, 1.54) is 12.1 Å². The van der Waals surface area contributed by atoms with Crippen LogP contribution in [-0.2, 0) is 4.79 Å². The zero-order valence-electron chi connectivity index (χ0n) is 15.5. The standard InChI is InChI=1S/C21H24FN3O2/c1-16-6-2-5-9-19(16)23-11-10-20(26)24-12-14-25(15-13-24)21(27)17-7-3-4-8-18(17)22/h2-9,23H,10-15H2,1H3. The highest BCUT2D eigenvalue weighted by atomic mass is 19.1. The van der Waals surface area contributed by atoms with Crippen LogP contribution in [0.3, 0.4) is 0 Å². The van der Waals surface area contributed by atoms with Crippen LogP contribution in [0.2, 0.25) is 0 Å². The summed E-state index contributed by atoms with van der Waals surface area (Å²) in [5.74, 6) is -0.765. The van der Waals surface area contributed by atoms with Gasteiger partial charge in [-0.3, -0.25) is 9.59 Å². The Balaban J connectivity index is 1.46. The second-order valence-electron chi connectivity index (χ2n) is 6.64. The number of carbonyl (C=O) groups excluding carboxylic acids is 2. The van der Waals surface area contributed by atoms with Crippen molar-refractivity contribution in [3.05, 3.63) is 65.5 Å². The lowest BCUT2D eigenvalue weighted by atomic mass is 10.1. The number of rotatable bonds is 5. The van der Waals surface area contributed by atoms with Gasteiger partial charge in [-0.2, -0.15) is 0 Å². The average molecular weight is 369 g/mol. The number of aryl methyl sites for hydroxylation is 1. The maximum absolute atomic E-state index is 13.8. The van der Waals surface area contributed by atoms with E-state index in [2.05, 4.69) is 5.32 Å². The fourth-order valence-corrected chi connectivity index (χ4v) is 3.20. The summed E-state index contributed by atoms with van der Waals surface area (Å²) in [6, 6.07) is 14.0. The number of para-hydroxylation sites is 1. The number of benzene rings is 2. The van der Waals surface area contributed by atoms with E-state index in [-0.39, 0.29) is 17.4 Å². The maximum atomic E-state index is 13.8. The fraction of sp³-hybridized carbons (Fsp3) is 0.333. The van der Waals surface area contributed by atoms with Crippen LogP contribution in [0.5, 0.6) is 0 Å². The minimum atomic E-state index is -0.511. The van der Waals surface area contributed by atoms with Crippen LogP contribution in [0.1, 0.15) is 22.3 Å². The molecule has 0 aromatic heterocycles. The van der Waals surface area contributed by atoms with E-state index in [1.807, 2.05) is 31.2 Å². The molecule has 1 N–H and O–H groups in total. The van der Waals surface area contributed by atoms with E-state index >= 15 is 0 Å². The Morgan fingerprint density at radius 3 is 2.30 bits per heavy atom. The van der Waals surface area contributed by atoms with Crippen molar-refractivity contribution in [2.45, 2.75) is 13.3 Å². The molecule has 2 amide bonds.